The monoisotopic (exact) mass is 210 g/mol. The van der Waals surface area contributed by atoms with Gasteiger partial charge in [0.25, 0.3) is 0 Å². The van der Waals surface area contributed by atoms with E-state index in [1.165, 1.54) is 0 Å². The first-order valence-corrected chi connectivity index (χ1v) is 5.07. The van der Waals surface area contributed by atoms with Crippen LogP contribution in [0.3, 0.4) is 0 Å². The first-order chi connectivity index (χ1) is 7.00. The lowest BCUT2D eigenvalue weighted by Gasteiger charge is -2.13. The second-order valence-electron chi connectivity index (χ2n) is 4.13. The fourth-order valence-corrected chi connectivity index (χ4v) is 1.32. The Morgan fingerprint density at radius 3 is 2.80 bits per heavy atom. The molecule has 0 radical (unpaired) electrons. The van der Waals surface area contributed by atoms with Gasteiger partial charge in [0.05, 0.1) is 23.6 Å². The van der Waals surface area contributed by atoms with Gasteiger partial charge in [0.15, 0.2) is 0 Å². The highest BCUT2D eigenvalue weighted by Crippen LogP contribution is 2.11. The minimum atomic E-state index is -0.459. The average Bonchev–Trinajstić information content (AvgIpc) is 2.50. The van der Waals surface area contributed by atoms with Crippen molar-refractivity contribution in [2.75, 3.05) is 5.32 Å². The Kier molecular flexibility index (Phi) is 3.85. The summed E-state index contributed by atoms with van der Waals surface area (Å²) in [5, 5.41) is 9.30. The summed E-state index contributed by atoms with van der Waals surface area (Å²) in [6.45, 7) is 5.92. The third kappa shape index (κ3) is 3.36. The van der Waals surface area contributed by atoms with Crippen LogP contribution in [0.1, 0.15) is 26.0 Å². The number of anilines is 1. The smallest absolute Gasteiger partial charge is 0.241 e. The number of nitrogens with two attached hydrogens (primary N) is 1. The number of carbonyl (C=O) groups is 1. The van der Waals surface area contributed by atoms with Crippen LogP contribution in [0.25, 0.3) is 0 Å². The van der Waals surface area contributed by atoms with Crippen molar-refractivity contribution in [2.45, 2.75) is 33.2 Å². The fraction of sp³-hybridized carbons (Fsp3) is 0.600. The van der Waals surface area contributed by atoms with Crippen molar-refractivity contribution in [1.29, 1.82) is 0 Å². The Morgan fingerprint density at radius 2 is 2.33 bits per heavy atom. The van der Waals surface area contributed by atoms with Crippen LogP contribution in [0.5, 0.6) is 0 Å². The number of amides is 1. The van der Waals surface area contributed by atoms with Gasteiger partial charge in [-0.05, 0) is 19.3 Å². The number of H-pyrrole nitrogens is 1. The first kappa shape index (κ1) is 11.7. The van der Waals surface area contributed by atoms with Crippen molar-refractivity contribution in [3.8, 4) is 0 Å². The zero-order valence-corrected chi connectivity index (χ0v) is 9.37. The van der Waals surface area contributed by atoms with E-state index in [4.69, 9.17) is 5.73 Å². The van der Waals surface area contributed by atoms with Gasteiger partial charge in [-0.25, -0.2) is 0 Å². The topological polar surface area (TPSA) is 83.8 Å². The number of aryl methyl sites for hydroxylation is 1. The molecule has 0 aromatic carbocycles. The molecular formula is C10H18N4O. The van der Waals surface area contributed by atoms with Crippen LogP contribution >= 0.6 is 0 Å². The number of carbonyl (C=O) groups excluding carboxylic acids is 1. The number of hydrogen-bond donors (Lipinski definition) is 3. The summed E-state index contributed by atoms with van der Waals surface area (Å²) in [5.74, 6) is 0.254. The van der Waals surface area contributed by atoms with Crippen LogP contribution in [-0.2, 0) is 4.79 Å². The highest BCUT2D eigenvalue weighted by Gasteiger charge is 2.16. The summed E-state index contributed by atoms with van der Waals surface area (Å²) >= 11 is 0. The maximum atomic E-state index is 11.6. The Balaban J connectivity index is 2.52. The number of hydrogen-bond acceptors (Lipinski definition) is 3. The van der Waals surface area contributed by atoms with E-state index in [1.54, 1.807) is 6.20 Å². The molecule has 0 spiro atoms. The molecule has 0 unspecified atom stereocenters. The Labute approximate surface area is 89.4 Å². The van der Waals surface area contributed by atoms with Gasteiger partial charge in [0.1, 0.15) is 0 Å². The second-order valence-corrected chi connectivity index (χ2v) is 4.13. The highest BCUT2D eigenvalue weighted by molar-refractivity contribution is 5.94. The molecule has 5 heteroatoms. The molecule has 0 bridgehead atoms. The third-order valence-electron chi connectivity index (χ3n) is 2.15. The number of nitrogens with zero attached hydrogens (tertiary/aromatic N) is 1. The summed E-state index contributed by atoms with van der Waals surface area (Å²) in [5.41, 5.74) is 7.27. The van der Waals surface area contributed by atoms with Gasteiger partial charge >= 0.3 is 0 Å². The van der Waals surface area contributed by atoms with E-state index in [0.29, 0.717) is 18.0 Å². The molecule has 5 nitrogen and oxygen atoms in total. The van der Waals surface area contributed by atoms with E-state index in [-0.39, 0.29) is 5.91 Å². The van der Waals surface area contributed by atoms with E-state index in [1.807, 2.05) is 20.8 Å². The van der Waals surface area contributed by atoms with Crippen molar-refractivity contribution in [2.24, 2.45) is 11.7 Å². The van der Waals surface area contributed by atoms with Crippen LogP contribution in [0.2, 0.25) is 0 Å². The molecule has 1 rings (SSSR count). The summed E-state index contributed by atoms with van der Waals surface area (Å²) in [6.07, 6.45) is 2.26. The van der Waals surface area contributed by atoms with Crippen molar-refractivity contribution in [1.82, 2.24) is 10.2 Å². The molecule has 0 saturated carbocycles. The zero-order chi connectivity index (χ0) is 11.4. The van der Waals surface area contributed by atoms with Gasteiger partial charge < -0.3 is 11.1 Å². The molecule has 0 aliphatic carbocycles. The van der Waals surface area contributed by atoms with Gasteiger partial charge in [-0.15, -0.1) is 0 Å². The molecule has 84 valence electrons. The van der Waals surface area contributed by atoms with Crippen LogP contribution in [0.15, 0.2) is 6.20 Å². The lowest BCUT2D eigenvalue weighted by atomic mass is 10.0. The number of aromatic amines is 1. The molecule has 1 aromatic rings. The van der Waals surface area contributed by atoms with Gasteiger partial charge in [-0.2, -0.15) is 5.10 Å². The largest absolute Gasteiger partial charge is 0.322 e. The van der Waals surface area contributed by atoms with Crippen molar-refractivity contribution < 1.29 is 4.79 Å². The normalized spacial score (nSPS) is 12.9. The summed E-state index contributed by atoms with van der Waals surface area (Å²) in [7, 11) is 0. The van der Waals surface area contributed by atoms with Crippen LogP contribution in [0, 0.1) is 12.8 Å². The fourth-order valence-electron chi connectivity index (χ4n) is 1.32. The van der Waals surface area contributed by atoms with E-state index >= 15 is 0 Å². The van der Waals surface area contributed by atoms with E-state index in [2.05, 4.69) is 15.5 Å². The Hall–Kier alpha value is -1.36. The van der Waals surface area contributed by atoms with Crippen molar-refractivity contribution in [3.05, 3.63) is 11.9 Å². The molecule has 1 atom stereocenters. The number of aromatic nitrogens is 2. The summed E-state index contributed by atoms with van der Waals surface area (Å²) < 4.78 is 0. The molecule has 0 aliphatic heterocycles. The number of nitrogens with one attached hydrogen (secondary N) is 2. The molecule has 0 aliphatic rings. The summed E-state index contributed by atoms with van der Waals surface area (Å²) in [4.78, 5) is 11.6. The zero-order valence-electron chi connectivity index (χ0n) is 9.37. The summed E-state index contributed by atoms with van der Waals surface area (Å²) in [6, 6.07) is -0.459. The maximum Gasteiger partial charge on any atom is 0.241 e. The predicted molar refractivity (Wildman–Crippen MR) is 59.4 cm³/mol. The van der Waals surface area contributed by atoms with E-state index in [0.717, 1.165) is 5.69 Å². The van der Waals surface area contributed by atoms with Crippen LogP contribution in [-0.4, -0.2) is 22.1 Å². The minimum Gasteiger partial charge on any atom is -0.322 e. The van der Waals surface area contributed by atoms with Crippen LogP contribution < -0.4 is 11.1 Å². The molecule has 1 aromatic heterocycles. The predicted octanol–water partition coefficient (Wildman–Crippen LogP) is 1.03. The van der Waals surface area contributed by atoms with Crippen LogP contribution in [0.4, 0.5) is 5.69 Å². The molecule has 1 heterocycles. The lowest BCUT2D eigenvalue weighted by Crippen LogP contribution is -2.36. The maximum absolute atomic E-state index is 11.6. The second kappa shape index (κ2) is 4.93. The first-order valence-electron chi connectivity index (χ1n) is 5.07. The van der Waals surface area contributed by atoms with Crippen molar-refractivity contribution >= 4 is 11.6 Å². The van der Waals surface area contributed by atoms with E-state index < -0.39 is 6.04 Å². The molecule has 1 amide bonds. The molecule has 15 heavy (non-hydrogen) atoms. The highest BCUT2D eigenvalue weighted by atomic mass is 16.2. The minimum absolute atomic E-state index is 0.159. The SMILES string of the molecule is Cc1[nH]ncc1NC(=O)[C@H](N)CC(C)C. The molecular weight excluding hydrogens is 192 g/mol. The molecule has 4 N–H and O–H groups in total. The third-order valence-corrected chi connectivity index (χ3v) is 2.15. The molecule has 0 fully saturated rings. The standard InChI is InChI=1S/C10H18N4O/c1-6(2)4-8(11)10(15)13-9-5-12-14-7(9)3/h5-6,8H,4,11H2,1-3H3,(H,12,14)(H,13,15)/t8-/m1/s1. The van der Waals surface area contributed by atoms with Gasteiger partial charge in [0.2, 0.25) is 5.91 Å². The quantitative estimate of drug-likeness (QED) is 0.694. The average molecular weight is 210 g/mol. The number of rotatable bonds is 4. The Bertz CT molecular complexity index is 332. The lowest BCUT2D eigenvalue weighted by molar-refractivity contribution is -0.117. The van der Waals surface area contributed by atoms with Gasteiger partial charge in [-0.3, -0.25) is 9.89 Å². The van der Waals surface area contributed by atoms with Crippen molar-refractivity contribution in [3.63, 3.8) is 0 Å². The van der Waals surface area contributed by atoms with E-state index in [9.17, 15) is 4.79 Å². The van der Waals surface area contributed by atoms with Gasteiger partial charge in [0, 0.05) is 0 Å². The Morgan fingerprint density at radius 1 is 1.67 bits per heavy atom. The molecule has 0 saturated heterocycles. The van der Waals surface area contributed by atoms with Gasteiger partial charge in [-0.1, -0.05) is 13.8 Å².